The highest BCUT2D eigenvalue weighted by molar-refractivity contribution is 7.89. The summed E-state index contributed by atoms with van der Waals surface area (Å²) in [7, 11) is -2.89. The first-order valence-corrected chi connectivity index (χ1v) is 15.8. The van der Waals surface area contributed by atoms with Gasteiger partial charge in [0.05, 0.1) is 12.0 Å². The summed E-state index contributed by atoms with van der Waals surface area (Å²) in [5.74, 6) is -0.0367. The molecule has 2 N–H and O–H groups in total. The SMILES string of the molecule is COc1ccc(S(=O)(=O)N(Cc2ccc3c(c2)OCO3)[C@H](CCC(=O)N2CCN(C(=O)c3ccccc3)CC2)C(=O)NO)cc1. The molecule has 0 spiro atoms. The van der Waals surface area contributed by atoms with Crippen molar-refractivity contribution < 1.29 is 42.2 Å². The van der Waals surface area contributed by atoms with E-state index in [2.05, 4.69) is 0 Å². The molecule has 13 nitrogen and oxygen atoms in total. The van der Waals surface area contributed by atoms with Gasteiger partial charge < -0.3 is 24.0 Å². The Morgan fingerprint density at radius 2 is 1.60 bits per heavy atom. The lowest BCUT2D eigenvalue weighted by atomic mass is 10.1. The predicted molar refractivity (Wildman–Crippen MR) is 160 cm³/mol. The first-order valence-electron chi connectivity index (χ1n) is 14.3. The Hall–Kier alpha value is -4.66. The predicted octanol–water partition coefficient (Wildman–Crippen LogP) is 2.25. The van der Waals surface area contributed by atoms with Crippen LogP contribution < -0.4 is 19.7 Å². The van der Waals surface area contributed by atoms with E-state index in [-0.39, 0.29) is 42.9 Å². The van der Waals surface area contributed by atoms with Gasteiger partial charge in [0.1, 0.15) is 11.8 Å². The Morgan fingerprint density at radius 1 is 0.933 bits per heavy atom. The average molecular weight is 639 g/mol. The van der Waals surface area contributed by atoms with Crippen molar-refractivity contribution in [2.24, 2.45) is 0 Å². The fraction of sp³-hybridized carbons (Fsp3) is 0.323. The smallest absolute Gasteiger partial charge is 0.261 e. The molecule has 0 bridgehead atoms. The van der Waals surface area contributed by atoms with Crippen molar-refractivity contribution in [3.8, 4) is 17.2 Å². The maximum absolute atomic E-state index is 14.0. The number of nitrogens with one attached hydrogen (secondary N) is 1. The molecule has 1 fully saturated rings. The van der Waals surface area contributed by atoms with Crippen LogP contribution in [-0.4, -0.2) is 91.6 Å². The van der Waals surface area contributed by atoms with E-state index in [1.807, 2.05) is 6.07 Å². The molecule has 14 heteroatoms. The first-order chi connectivity index (χ1) is 21.7. The lowest BCUT2D eigenvalue weighted by molar-refractivity contribution is -0.135. The summed E-state index contributed by atoms with van der Waals surface area (Å²) in [6, 6.07) is 18.0. The van der Waals surface area contributed by atoms with Gasteiger partial charge in [-0.2, -0.15) is 4.31 Å². The molecule has 0 aromatic heterocycles. The third-order valence-corrected chi connectivity index (χ3v) is 9.64. The summed E-state index contributed by atoms with van der Waals surface area (Å²) < 4.78 is 45.0. The van der Waals surface area contributed by atoms with Crippen LogP contribution in [0, 0.1) is 0 Å². The van der Waals surface area contributed by atoms with Gasteiger partial charge in [0.25, 0.3) is 11.8 Å². The number of sulfonamides is 1. The topological polar surface area (TPSA) is 155 Å². The summed E-state index contributed by atoms with van der Waals surface area (Å²) in [5, 5.41) is 9.63. The molecule has 0 radical (unpaired) electrons. The zero-order valence-corrected chi connectivity index (χ0v) is 25.4. The van der Waals surface area contributed by atoms with E-state index in [4.69, 9.17) is 14.2 Å². The van der Waals surface area contributed by atoms with E-state index in [0.29, 0.717) is 54.6 Å². The number of piperazine rings is 1. The lowest BCUT2D eigenvalue weighted by Gasteiger charge is -2.35. The highest BCUT2D eigenvalue weighted by atomic mass is 32.2. The largest absolute Gasteiger partial charge is 0.497 e. The second-order valence-electron chi connectivity index (χ2n) is 10.5. The number of fused-ring (bicyclic) bond motifs is 1. The van der Waals surface area contributed by atoms with Crippen LogP contribution in [0.2, 0.25) is 0 Å². The number of ether oxygens (including phenoxy) is 3. The number of carbonyl (C=O) groups is 3. The molecule has 3 aromatic carbocycles. The van der Waals surface area contributed by atoms with Crippen LogP contribution in [0.25, 0.3) is 0 Å². The summed E-state index contributed by atoms with van der Waals surface area (Å²) >= 11 is 0. The van der Waals surface area contributed by atoms with Crippen LogP contribution in [0.5, 0.6) is 17.2 Å². The molecule has 1 atom stereocenters. The van der Waals surface area contributed by atoms with Crippen LogP contribution in [0.15, 0.2) is 77.7 Å². The van der Waals surface area contributed by atoms with E-state index < -0.39 is 22.0 Å². The minimum atomic E-state index is -4.34. The molecule has 3 aromatic rings. The third kappa shape index (κ3) is 7.19. The van der Waals surface area contributed by atoms with E-state index in [9.17, 15) is 28.0 Å². The minimum Gasteiger partial charge on any atom is -0.497 e. The molecule has 45 heavy (non-hydrogen) atoms. The molecular formula is C31H34N4O9S. The molecule has 0 unspecified atom stereocenters. The molecule has 3 amide bonds. The van der Waals surface area contributed by atoms with Crippen LogP contribution in [0.4, 0.5) is 0 Å². The van der Waals surface area contributed by atoms with Gasteiger partial charge in [-0.05, 0) is 60.5 Å². The number of hydrogen-bond donors (Lipinski definition) is 2. The molecule has 0 saturated carbocycles. The van der Waals surface area contributed by atoms with E-state index >= 15 is 0 Å². The molecule has 238 valence electrons. The summed E-state index contributed by atoms with van der Waals surface area (Å²) in [6.45, 7) is 1.01. The van der Waals surface area contributed by atoms with Gasteiger partial charge in [-0.3, -0.25) is 19.6 Å². The van der Waals surface area contributed by atoms with Crippen LogP contribution in [-0.2, 0) is 26.2 Å². The Bertz CT molecular complexity index is 1630. The highest BCUT2D eigenvalue weighted by Crippen LogP contribution is 2.34. The van der Waals surface area contributed by atoms with E-state index in [1.54, 1.807) is 57.7 Å². The van der Waals surface area contributed by atoms with Crippen molar-refractivity contribution in [2.45, 2.75) is 30.3 Å². The van der Waals surface area contributed by atoms with E-state index in [0.717, 1.165) is 4.31 Å². The van der Waals surface area contributed by atoms with Crippen molar-refractivity contribution >= 4 is 27.7 Å². The number of rotatable bonds is 11. The van der Waals surface area contributed by atoms with Gasteiger partial charge in [-0.1, -0.05) is 24.3 Å². The van der Waals surface area contributed by atoms with Crippen molar-refractivity contribution in [3.63, 3.8) is 0 Å². The van der Waals surface area contributed by atoms with Gasteiger partial charge in [0, 0.05) is 44.7 Å². The van der Waals surface area contributed by atoms with Gasteiger partial charge in [-0.25, -0.2) is 13.9 Å². The van der Waals surface area contributed by atoms with E-state index in [1.165, 1.54) is 31.4 Å². The summed E-state index contributed by atoms with van der Waals surface area (Å²) in [4.78, 5) is 42.3. The number of benzene rings is 3. The molecule has 2 aliphatic rings. The van der Waals surface area contributed by atoms with Gasteiger partial charge in [0.2, 0.25) is 22.7 Å². The molecule has 1 saturated heterocycles. The maximum atomic E-state index is 14.0. The van der Waals surface area contributed by atoms with Crippen molar-refractivity contribution in [1.29, 1.82) is 0 Å². The first kappa shape index (κ1) is 31.8. The van der Waals surface area contributed by atoms with Crippen LogP contribution in [0.3, 0.4) is 0 Å². The fourth-order valence-corrected chi connectivity index (χ4v) is 6.89. The molecule has 2 heterocycles. The van der Waals surface area contributed by atoms with Gasteiger partial charge in [-0.15, -0.1) is 0 Å². The fourth-order valence-electron chi connectivity index (χ4n) is 5.29. The van der Waals surface area contributed by atoms with Crippen molar-refractivity contribution in [3.05, 3.63) is 83.9 Å². The summed E-state index contributed by atoms with van der Waals surface area (Å²) in [6.07, 6.45) is -0.394. The molecular weight excluding hydrogens is 604 g/mol. The highest BCUT2D eigenvalue weighted by Gasteiger charge is 2.37. The van der Waals surface area contributed by atoms with Gasteiger partial charge in [0.15, 0.2) is 11.5 Å². The Morgan fingerprint density at radius 3 is 2.27 bits per heavy atom. The zero-order chi connectivity index (χ0) is 32.0. The number of methoxy groups -OCH3 is 1. The number of amides is 3. The maximum Gasteiger partial charge on any atom is 0.261 e. The van der Waals surface area contributed by atoms with Crippen molar-refractivity contribution in [2.75, 3.05) is 40.1 Å². The van der Waals surface area contributed by atoms with Gasteiger partial charge >= 0.3 is 0 Å². The quantitative estimate of drug-likeness (QED) is 0.238. The Kier molecular flexibility index (Phi) is 9.86. The second-order valence-corrected chi connectivity index (χ2v) is 12.4. The number of hydroxylamine groups is 1. The minimum absolute atomic E-state index is 0.0268. The standard InChI is InChI=1S/C31H34N4O9S/c1-42-24-8-10-25(11-9-24)45(40,41)35(20-22-7-13-27-28(19-22)44-21-43-27)26(30(37)32-39)12-14-29(36)33-15-17-34(18-16-33)31(38)23-5-3-2-4-6-23/h2-11,13,19,26,39H,12,14-18,20-21H2,1H3,(H,32,37)/t26-/m1/s1. The normalized spacial score (nSPS) is 15.1. The lowest BCUT2D eigenvalue weighted by Crippen LogP contribution is -2.51. The molecule has 2 aliphatic heterocycles. The average Bonchev–Trinajstić information content (AvgIpc) is 3.55. The number of hydrogen-bond acceptors (Lipinski definition) is 9. The molecule has 5 rings (SSSR count). The third-order valence-electron chi connectivity index (χ3n) is 7.77. The number of carbonyl (C=O) groups excluding carboxylic acids is 3. The van der Waals surface area contributed by atoms with Crippen molar-refractivity contribution in [1.82, 2.24) is 19.6 Å². The summed E-state index contributed by atoms with van der Waals surface area (Å²) in [5.41, 5.74) is 2.64. The Labute approximate surface area is 260 Å². The van der Waals surface area contributed by atoms with Crippen LogP contribution in [0.1, 0.15) is 28.8 Å². The monoisotopic (exact) mass is 638 g/mol. The Balaban J connectivity index is 1.33. The second kappa shape index (κ2) is 14.0. The number of nitrogens with zero attached hydrogens (tertiary/aromatic N) is 3. The van der Waals surface area contributed by atoms with Crippen LogP contribution >= 0.6 is 0 Å². The zero-order valence-electron chi connectivity index (χ0n) is 24.6. The molecule has 0 aliphatic carbocycles.